The normalized spacial score (nSPS) is 10.2. The third kappa shape index (κ3) is 5.53. The van der Waals surface area contributed by atoms with Crippen LogP contribution < -0.4 is 10.1 Å². The maximum atomic E-state index is 12.6. The average molecular weight is 454 g/mol. The van der Waals surface area contributed by atoms with Crippen molar-refractivity contribution in [2.45, 2.75) is 6.61 Å². The van der Waals surface area contributed by atoms with Gasteiger partial charge in [0.1, 0.15) is 12.4 Å². The van der Waals surface area contributed by atoms with Crippen molar-refractivity contribution in [3.05, 3.63) is 87.4 Å². The summed E-state index contributed by atoms with van der Waals surface area (Å²) in [7, 11) is 2.36. The smallest absolute Gasteiger partial charge is 0.337 e. The Morgan fingerprint density at radius 3 is 2.21 bits per heavy atom. The number of methoxy groups -OCH3 is 2. The number of hydrogen-bond donors (Lipinski definition) is 1. The highest BCUT2D eigenvalue weighted by atomic mass is 16.6. The zero-order chi connectivity index (χ0) is 24.0. The summed E-state index contributed by atoms with van der Waals surface area (Å²) in [5.41, 5.74) is 0.00806. The maximum Gasteiger partial charge on any atom is 0.337 e. The number of rotatable bonds is 8. The van der Waals surface area contributed by atoms with Crippen LogP contribution in [0.25, 0.3) is 0 Å². The molecule has 3 aromatic rings. The molecule has 170 valence electrons. The number of nitro groups is 1. The SMILES string of the molecule is COC(=O)c1cc(NC(=O)c2ccc(COc3ccccc3[N+](=O)[O-])o2)cc(C(=O)OC)c1. The number of nitrogens with zero attached hydrogens (tertiary/aromatic N) is 1. The van der Waals surface area contributed by atoms with Crippen LogP contribution in [0.15, 0.2) is 59.0 Å². The molecule has 0 fully saturated rings. The molecule has 33 heavy (non-hydrogen) atoms. The van der Waals surface area contributed by atoms with Crippen molar-refractivity contribution in [3.63, 3.8) is 0 Å². The van der Waals surface area contributed by atoms with Crippen LogP contribution in [-0.2, 0) is 16.1 Å². The van der Waals surface area contributed by atoms with E-state index in [1.54, 1.807) is 6.07 Å². The fraction of sp³-hybridized carbons (Fsp3) is 0.136. The van der Waals surface area contributed by atoms with Crippen molar-refractivity contribution in [3.8, 4) is 5.75 Å². The fourth-order valence-electron chi connectivity index (χ4n) is 2.82. The number of nitrogens with one attached hydrogen (secondary N) is 1. The summed E-state index contributed by atoms with van der Waals surface area (Å²) < 4.78 is 20.2. The molecule has 3 rings (SSSR count). The van der Waals surface area contributed by atoms with Crippen molar-refractivity contribution in [1.82, 2.24) is 0 Å². The molecule has 0 aliphatic rings. The number of amides is 1. The van der Waals surface area contributed by atoms with Crippen LogP contribution in [0.2, 0.25) is 0 Å². The Hall–Kier alpha value is -4.67. The van der Waals surface area contributed by atoms with Gasteiger partial charge < -0.3 is 23.9 Å². The van der Waals surface area contributed by atoms with Crippen LogP contribution in [-0.4, -0.2) is 37.0 Å². The van der Waals surface area contributed by atoms with Crippen molar-refractivity contribution < 1.29 is 37.9 Å². The molecule has 1 heterocycles. The largest absolute Gasteiger partial charge is 0.479 e. The summed E-state index contributed by atoms with van der Waals surface area (Å²) in [5.74, 6) is -1.85. The Balaban J connectivity index is 1.74. The number of furan rings is 1. The summed E-state index contributed by atoms with van der Waals surface area (Å²) >= 11 is 0. The summed E-state index contributed by atoms with van der Waals surface area (Å²) in [5, 5.41) is 13.6. The van der Waals surface area contributed by atoms with Gasteiger partial charge in [0.15, 0.2) is 11.5 Å². The highest BCUT2D eigenvalue weighted by molar-refractivity contribution is 6.04. The van der Waals surface area contributed by atoms with Crippen LogP contribution >= 0.6 is 0 Å². The Labute approximate surface area is 187 Å². The van der Waals surface area contributed by atoms with Gasteiger partial charge in [-0.3, -0.25) is 14.9 Å². The van der Waals surface area contributed by atoms with E-state index in [9.17, 15) is 24.5 Å². The van der Waals surface area contributed by atoms with Crippen molar-refractivity contribution in [2.75, 3.05) is 19.5 Å². The molecule has 0 radical (unpaired) electrons. The molecule has 0 atom stereocenters. The molecule has 0 saturated carbocycles. The monoisotopic (exact) mass is 454 g/mol. The summed E-state index contributed by atoms with van der Waals surface area (Å²) in [6, 6.07) is 12.7. The molecule has 1 amide bonds. The first-order chi connectivity index (χ1) is 15.8. The van der Waals surface area contributed by atoms with Gasteiger partial charge in [0.05, 0.1) is 30.3 Å². The molecule has 1 N–H and O–H groups in total. The quantitative estimate of drug-likeness (QED) is 0.306. The van der Waals surface area contributed by atoms with E-state index < -0.39 is 22.8 Å². The standard InChI is InChI=1S/C22H18N2O9/c1-30-21(26)13-9-14(22(27)31-2)11-15(10-13)23-20(25)19-8-7-16(33-19)12-32-18-6-4-3-5-17(18)24(28)29/h3-11H,12H2,1-2H3,(H,23,25). The molecular formula is C22H18N2O9. The van der Waals surface area contributed by atoms with E-state index in [0.717, 1.165) is 0 Å². The second kappa shape index (κ2) is 10.1. The van der Waals surface area contributed by atoms with Crippen LogP contribution in [0, 0.1) is 10.1 Å². The van der Waals surface area contributed by atoms with Crippen LogP contribution in [0.1, 0.15) is 37.0 Å². The van der Waals surface area contributed by atoms with E-state index in [-0.39, 0.29) is 46.4 Å². The lowest BCUT2D eigenvalue weighted by atomic mass is 10.1. The predicted octanol–water partition coefficient (Wildman–Crippen LogP) is 3.59. The van der Waals surface area contributed by atoms with Gasteiger partial charge in [-0.1, -0.05) is 12.1 Å². The van der Waals surface area contributed by atoms with Gasteiger partial charge >= 0.3 is 17.6 Å². The Morgan fingerprint density at radius 1 is 0.970 bits per heavy atom. The van der Waals surface area contributed by atoms with Gasteiger partial charge in [0.25, 0.3) is 5.91 Å². The molecule has 0 unspecified atom stereocenters. The Kier molecular flexibility index (Phi) is 7.03. The van der Waals surface area contributed by atoms with Gasteiger partial charge in [0, 0.05) is 11.8 Å². The minimum atomic E-state index is -0.705. The van der Waals surface area contributed by atoms with Gasteiger partial charge in [-0.15, -0.1) is 0 Å². The fourth-order valence-corrected chi connectivity index (χ4v) is 2.82. The molecule has 0 aliphatic heterocycles. The summed E-state index contributed by atoms with van der Waals surface area (Å²) in [4.78, 5) is 46.8. The van der Waals surface area contributed by atoms with Crippen LogP contribution in [0.3, 0.4) is 0 Å². The molecule has 2 aromatic carbocycles. The van der Waals surface area contributed by atoms with E-state index in [2.05, 4.69) is 14.8 Å². The molecule has 11 nitrogen and oxygen atoms in total. The number of nitro benzene ring substituents is 1. The van der Waals surface area contributed by atoms with Crippen molar-refractivity contribution in [1.29, 1.82) is 0 Å². The van der Waals surface area contributed by atoms with E-state index in [1.165, 1.54) is 62.8 Å². The maximum absolute atomic E-state index is 12.6. The molecular weight excluding hydrogens is 436 g/mol. The number of anilines is 1. The zero-order valence-corrected chi connectivity index (χ0v) is 17.5. The van der Waals surface area contributed by atoms with Crippen molar-refractivity contribution >= 4 is 29.2 Å². The topological polar surface area (TPSA) is 147 Å². The Morgan fingerprint density at radius 2 is 1.61 bits per heavy atom. The predicted molar refractivity (Wildman–Crippen MR) is 113 cm³/mol. The first-order valence-electron chi connectivity index (χ1n) is 9.40. The lowest BCUT2D eigenvalue weighted by Crippen LogP contribution is -2.13. The number of carbonyl (C=O) groups is 3. The minimum Gasteiger partial charge on any atom is -0.479 e. The Bertz CT molecular complexity index is 1180. The van der Waals surface area contributed by atoms with Gasteiger partial charge in [-0.25, -0.2) is 9.59 Å². The third-order valence-electron chi connectivity index (χ3n) is 4.35. The number of ether oxygens (including phenoxy) is 3. The number of esters is 2. The van der Waals surface area contributed by atoms with E-state index in [4.69, 9.17) is 9.15 Å². The van der Waals surface area contributed by atoms with Crippen LogP contribution in [0.5, 0.6) is 5.75 Å². The summed E-state index contributed by atoms with van der Waals surface area (Å²) in [6.45, 7) is -0.150. The first kappa shape index (κ1) is 23.0. The first-order valence-corrected chi connectivity index (χ1v) is 9.40. The highest BCUT2D eigenvalue weighted by Crippen LogP contribution is 2.27. The van der Waals surface area contributed by atoms with Gasteiger partial charge in [0.2, 0.25) is 0 Å². The molecule has 0 spiro atoms. The average Bonchev–Trinajstić information content (AvgIpc) is 3.30. The lowest BCUT2D eigenvalue weighted by Gasteiger charge is -2.09. The molecule has 0 aliphatic carbocycles. The molecule has 0 bridgehead atoms. The van der Waals surface area contributed by atoms with Gasteiger partial charge in [-0.05, 0) is 36.4 Å². The second-order valence-corrected chi connectivity index (χ2v) is 6.52. The van der Waals surface area contributed by atoms with E-state index >= 15 is 0 Å². The molecule has 1 aromatic heterocycles. The van der Waals surface area contributed by atoms with Crippen molar-refractivity contribution in [2.24, 2.45) is 0 Å². The molecule has 0 saturated heterocycles. The highest BCUT2D eigenvalue weighted by Gasteiger charge is 2.18. The third-order valence-corrected chi connectivity index (χ3v) is 4.35. The lowest BCUT2D eigenvalue weighted by molar-refractivity contribution is -0.386. The summed E-state index contributed by atoms with van der Waals surface area (Å²) in [6.07, 6.45) is 0. The number of para-hydroxylation sites is 2. The zero-order valence-electron chi connectivity index (χ0n) is 17.5. The molecule has 11 heteroatoms. The minimum absolute atomic E-state index is 0.0358. The van der Waals surface area contributed by atoms with E-state index in [1.807, 2.05) is 0 Å². The second-order valence-electron chi connectivity index (χ2n) is 6.52. The van der Waals surface area contributed by atoms with E-state index in [0.29, 0.717) is 0 Å². The number of benzene rings is 2. The van der Waals surface area contributed by atoms with Crippen LogP contribution in [0.4, 0.5) is 11.4 Å². The number of carbonyl (C=O) groups excluding carboxylic acids is 3. The number of hydrogen-bond acceptors (Lipinski definition) is 9. The van der Waals surface area contributed by atoms with Gasteiger partial charge in [-0.2, -0.15) is 0 Å².